The minimum Gasteiger partial charge on any atom is -0.383 e. The Bertz CT molecular complexity index is 727. The lowest BCUT2D eigenvalue weighted by molar-refractivity contribution is -0.138. The third-order valence-electron chi connectivity index (χ3n) is 4.13. The molecule has 136 valence electrons. The van der Waals surface area contributed by atoms with Crippen molar-refractivity contribution < 1.29 is 14.3 Å². The number of nitrogens with zero attached hydrogens (tertiary/aromatic N) is 7. The van der Waals surface area contributed by atoms with Crippen LogP contribution in [0.1, 0.15) is 23.2 Å². The van der Waals surface area contributed by atoms with Gasteiger partial charge in [0.05, 0.1) is 38.4 Å². The molecule has 0 aromatic carbocycles. The molecule has 3 rings (SSSR count). The van der Waals surface area contributed by atoms with E-state index in [1.165, 1.54) is 4.80 Å². The van der Waals surface area contributed by atoms with Crippen molar-refractivity contribution in [3.63, 3.8) is 0 Å². The Morgan fingerprint density at radius 3 is 3.00 bits per heavy atom. The second-order valence-corrected chi connectivity index (χ2v) is 6.03. The van der Waals surface area contributed by atoms with Crippen LogP contribution in [0.5, 0.6) is 0 Å². The monoisotopic (exact) mass is 349 g/mol. The standard InChI is InChI=1S/C15H23N7O3/c1-11-12(9-20(2)17-11)8-14(23)21-4-7-25-13(10-21)15-16-19-22(18-15)5-6-24-3/h9,13H,4-8,10H2,1-3H3. The normalized spacial score (nSPS) is 17.9. The van der Waals surface area contributed by atoms with Gasteiger partial charge in [0.2, 0.25) is 11.7 Å². The van der Waals surface area contributed by atoms with E-state index in [1.54, 1.807) is 16.7 Å². The maximum atomic E-state index is 12.6. The number of tetrazole rings is 1. The van der Waals surface area contributed by atoms with E-state index in [1.807, 2.05) is 20.2 Å². The number of aryl methyl sites for hydroxylation is 2. The Balaban J connectivity index is 1.61. The molecular formula is C15H23N7O3. The topological polar surface area (TPSA) is 100 Å². The average molecular weight is 349 g/mol. The molecular weight excluding hydrogens is 326 g/mol. The Hall–Kier alpha value is -2.33. The first-order chi connectivity index (χ1) is 12.1. The zero-order valence-corrected chi connectivity index (χ0v) is 14.8. The van der Waals surface area contributed by atoms with Crippen molar-refractivity contribution in [2.75, 3.05) is 33.4 Å². The molecule has 1 aliphatic rings. The number of methoxy groups -OCH3 is 1. The highest BCUT2D eigenvalue weighted by molar-refractivity contribution is 5.79. The molecule has 1 atom stereocenters. The minimum atomic E-state index is -0.357. The first kappa shape index (κ1) is 17.5. The summed E-state index contributed by atoms with van der Waals surface area (Å²) in [5, 5.41) is 16.6. The average Bonchev–Trinajstić information content (AvgIpc) is 3.19. The second kappa shape index (κ2) is 7.70. The van der Waals surface area contributed by atoms with E-state index in [-0.39, 0.29) is 12.0 Å². The number of carbonyl (C=O) groups is 1. The van der Waals surface area contributed by atoms with Crippen molar-refractivity contribution in [2.45, 2.75) is 26.0 Å². The number of morpholine rings is 1. The van der Waals surface area contributed by atoms with Gasteiger partial charge in [0.15, 0.2) is 0 Å². The van der Waals surface area contributed by atoms with E-state index in [9.17, 15) is 4.79 Å². The fourth-order valence-corrected chi connectivity index (χ4v) is 2.78. The molecule has 1 aliphatic heterocycles. The van der Waals surface area contributed by atoms with Gasteiger partial charge in [-0.3, -0.25) is 9.48 Å². The van der Waals surface area contributed by atoms with E-state index in [4.69, 9.17) is 9.47 Å². The van der Waals surface area contributed by atoms with Crippen molar-refractivity contribution in [1.29, 1.82) is 0 Å². The SMILES string of the molecule is COCCn1nnc(C2CN(C(=O)Cc3cn(C)nc3C)CCO2)n1. The summed E-state index contributed by atoms with van der Waals surface area (Å²) in [6.45, 7) is 4.39. The van der Waals surface area contributed by atoms with Gasteiger partial charge in [0.1, 0.15) is 6.10 Å². The molecule has 1 unspecified atom stereocenters. The van der Waals surface area contributed by atoms with Crippen LogP contribution < -0.4 is 0 Å². The van der Waals surface area contributed by atoms with Crippen LogP contribution in [-0.2, 0) is 34.3 Å². The van der Waals surface area contributed by atoms with E-state index in [0.29, 0.717) is 45.1 Å². The Kier molecular flexibility index (Phi) is 5.39. The van der Waals surface area contributed by atoms with E-state index < -0.39 is 0 Å². The zero-order valence-electron chi connectivity index (χ0n) is 14.8. The molecule has 10 nitrogen and oxygen atoms in total. The van der Waals surface area contributed by atoms with Crippen LogP contribution in [0.25, 0.3) is 0 Å². The Morgan fingerprint density at radius 2 is 2.28 bits per heavy atom. The van der Waals surface area contributed by atoms with Crippen molar-refractivity contribution in [3.8, 4) is 0 Å². The molecule has 0 radical (unpaired) electrons. The third-order valence-corrected chi connectivity index (χ3v) is 4.13. The second-order valence-electron chi connectivity index (χ2n) is 6.03. The zero-order chi connectivity index (χ0) is 17.8. The predicted octanol–water partition coefficient (Wildman–Crippen LogP) is -0.496. The molecule has 1 fully saturated rings. The number of amides is 1. The number of rotatable bonds is 6. The summed E-state index contributed by atoms with van der Waals surface area (Å²) in [6, 6.07) is 0. The van der Waals surface area contributed by atoms with Crippen molar-refractivity contribution in [3.05, 3.63) is 23.3 Å². The molecule has 0 spiro atoms. The number of hydrogen-bond donors (Lipinski definition) is 0. The first-order valence-corrected chi connectivity index (χ1v) is 8.22. The molecule has 10 heteroatoms. The fraction of sp³-hybridized carbons (Fsp3) is 0.667. The van der Waals surface area contributed by atoms with Gasteiger partial charge in [-0.2, -0.15) is 9.90 Å². The van der Waals surface area contributed by atoms with Crippen LogP contribution >= 0.6 is 0 Å². The van der Waals surface area contributed by atoms with Crippen LogP contribution in [0.2, 0.25) is 0 Å². The minimum absolute atomic E-state index is 0.0520. The molecule has 1 saturated heterocycles. The summed E-state index contributed by atoms with van der Waals surface area (Å²) in [5.41, 5.74) is 1.82. The molecule has 1 amide bonds. The molecule has 0 bridgehead atoms. The van der Waals surface area contributed by atoms with Gasteiger partial charge in [-0.15, -0.1) is 10.2 Å². The smallest absolute Gasteiger partial charge is 0.227 e. The van der Waals surface area contributed by atoms with Gasteiger partial charge >= 0.3 is 0 Å². The maximum absolute atomic E-state index is 12.6. The number of hydrogen-bond acceptors (Lipinski definition) is 7. The summed E-state index contributed by atoms with van der Waals surface area (Å²) in [7, 11) is 3.47. The van der Waals surface area contributed by atoms with Crippen LogP contribution in [0.3, 0.4) is 0 Å². The summed E-state index contributed by atoms with van der Waals surface area (Å²) in [6.07, 6.45) is 1.86. The lowest BCUT2D eigenvalue weighted by Crippen LogP contribution is -2.43. The molecule has 3 heterocycles. The van der Waals surface area contributed by atoms with Crippen LogP contribution in [0.15, 0.2) is 6.20 Å². The quantitative estimate of drug-likeness (QED) is 0.693. The van der Waals surface area contributed by atoms with E-state index in [2.05, 4.69) is 20.5 Å². The molecule has 0 aliphatic carbocycles. The van der Waals surface area contributed by atoms with Gasteiger partial charge in [-0.1, -0.05) is 0 Å². The van der Waals surface area contributed by atoms with Crippen molar-refractivity contribution >= 4 is 5.91 Å². The summed E-state index contributed by atoms with van der Waals surface area (Å²) >= 11 is 0. The summed E-state index contributed by atoms with van der Waals surface area (Å²) in [5.74, 6) is 0.544. The van der Waals surface area contributed by atoms with Crippen LogP contribution in [0, 0.1) is 6.92 Å². The van der Waals surface area contributed by atoms with E-state index >= 15 is 0 Å². The van der Waals surface area contributed by atoms with Crippen molar-refractivity contribution in [1.82, 2.24) is 34.9 Å². The molecule has 25 heavy (non-hydrogen) atoms. The van der Waals surface area contributed by atoms with E-state index in [0.717, 1.165) is 11.3 Å². The summed E-state index contributed by atoms with van der Waals surface area (Å²) < 4.78 is 12.4. The first-order valence-electron chi connectivity index (χ1n) is 8.22. The van der Waals surface area contributed by atoms with Crippen LogP contribution in [0.4, 0.5) is 0 Å². The Morgan fingerprint density at radius 1 is 1.44 bits per heavy atom. The third kappa shape index (κ3) is 4.20. The van der Waals surface area contributed by atoms with Crippen LogP contribution in [-0.4, -0.2) is 74.2 Å². The lowest BCUT2D eigenvalue weighted by Gasteiger charge is -2.31. The fourth-order valence-electron chi connectivity index (χ4n) is 2.78. The molecule has 0 N–H and O–H groups in total. The van der Waals surface area contributed by atoms with Gasteiger partial charge in [-0.05, 0) is 12.1 Å². The Labute approximate surface area is 145 Å². The lowest BCUT2D eigenvalue weighted by atomic mass is 10.1. The number of ether oxygens (including phenoxy) is 2. The van der Waals surface area contributed by atoms with Gasteiger partial charge in [0.25, 0.3) is 0 Å². The van der Waals surface area contributed by atoms with Crippen molar-refractivity contribution in [2.24, 2.45) is 7.05 Å². The van der Waals surface area contributed by atoms with Gasteiger partial charge in [0, 0.05) is 32.5 Å². The molecule has 2 aromatic heterocycles. The highest BCUT2D eigenvalue weighted by Crippen LogP contribution is 2.19. The maximum Gasteiger partial charge on any atom is 0.227 e. The largest absolute Gasteiger partial charge is 0.383 e. The predicted molar refractivity (Wildman–Crippen MR) is 86.6 cm³/mol. The summed E-state index contributed by atoms with van der Waals surface area (Å²) in [4.78, 5) is 15.9. The van der Waals surface area contributed by atoms with Gasteiger partial charge < -0.3 is 14.4 Å². The highest BCUT2D eigenvalue weighted by Gasteiger charge is 2.28. The number of carbonyl (C=O) groups excluding carboxylic acids is 1. The molecule has 0 saturated carbocycles. The van der Waals surface area contributed by atoms with Gasteiger partial charge in [-0.25, -0.2) is 0 Å². The highest BCUT2D eigenvalue weighted by atomic mass is 16.5. The number of aromatic nitrogens is 6. The molecule has 2 aromatic rings.